The molecule has 0 aliphatic rings. The molecule has 1 aromatic carbocycles. The Balaban J connectivity index is 2.72. The summed E-state index contributed by atoms with van der Waals surface area (Å²) in [5.74, 6) is 0.716. The Labute approximate surface area is 78.5 Å². The number of nitrogen functional groups attached to an aromatic ring is 1. The van der Waals surface area contributed by atoms with E-state index in [1.165, 1.54) is 11.1 Å². The van der Waals surface area contributed by atoms with Crippen LogP contribution in [0.4, 0.5) is 5.69 Å². The first-order valence-electron chi connectivity index (χ1n) is 4.14. The molecule has 0 fully saturated rings. The highest BCUT2D eigenvalue weighted by Crippen LogP contribution is 2.12. The number of alkyl halides is 1. The van der Waals surface area contributed by atoms with Crippen LogP contribution in [0.3, 0.4) is 0 Å². The molecule has 0 bridgehead atoms. The Morgan fingerprint density at radius 1 is 1.33 bits per heavy atom. The van der Waals surface area contributed by atoms with Gasteiger partial charge in [-0.05, 0) is 43.0 Å². The highest BCUT2D eigenvalue weighted by molar-refractivity contribution is 6.17. The van der Waals surface area contributed by atoms with Crippen LogP contribution < -0.4 is 5.73 Å². The predicted octanol–water partition coefficient (Wildman–Crippen LogP) is 2.75. The van der Waals surface area contributed by atoms with E-state index < -0.39 is 0 Å². The van der Waals surface area contributed by atoms with Gasteiger partial charge in [-0.25, -0.2) is 0 Å². The first-order chi connectivity index (χ1) is 5.72. The Hall–Kier alpha value is -0.690. The van der Waals surface area contributed by atoms with Crippen molar-refractivity contribution >= 4 is 17.3 Å². The number of hydrogen-bond donors (Lipinski definition) is 1. The van der Waals surface area contributed by atoms with Gasteiger partial charge >= 0.3 is 0 Å². The molecule has 0 aliphatic heterocycles. The van der Waals surface area contributed by atoms with E-state index in [2.05, 4.69) is 13.0 Å². The monoisotopic (exact) mass is 183 g/mol. The summed E-state index contributed by atoms with van der Waals surface area (Å²) < 4.78 is 0. The van der Waals surface area contributed by atoms with Gasteiger partial charge in [0, 0.05) is 11.6 Å². The fraction of sp³-hybridized carbons (Fsp3) is 0.400. The molecule has 0 aliphatic carbocycles. The topological polar surface area (TPSA) is 26.0 Å². The van der Waals surface area contributed by atoms with Crippen LogP contribution in [0.15, 0.2) is 18.2 Å². The summed E-state index contributed by atoms with van der Waals surface area (Å²) in [5, 5.41) is 0. The van der Waals surface area contributed by atoms with Gasteiger partial charge in [0.2, 0.25) is 0 Å². The largest absolute Gasteiger partial charge is 0.399 e. The Kier molecular flexibility index (Phi) is 3.42. The van der Waals surface area contributed by atoms with Crippen molar-refractivity contribution in [2.45, 2.75) is 19.8 Å². The van der Waals surface area contributed by atoms with Crippen LogP contribution >= 0.6 is 11.6 Å². The molecule has 0 unspecified atom stereocenters. The highest BCUT2D eigenvalue weighted by Gasteiger charge is 1.95. The van der Waals surface area contributed by atoms with E-state index in [1.54, 1.807) is 0 Å². The molecule has 0 atom stereocenters. The maximum absolute atomic E-state index is 5.70. The van der Waals surface area contributed by atoms with Gasteiger partial charge in [0.15, 0.2) is 0 Å². The zero-order chi connectivity index (χ0) is 8.97. The minimum absolute atomic E-state index is 0.716. The van der Waals surface area contributed by atoms with E-state index in [-0.39, 0.29) is 0 Å². The Bertz CT molecular complexity index is 238. The molecule has 1 rings (SSSR count). The summed E-state index contributed by atoms with van der Waals surface area (Å²) in [4.78, 5) is 0. The van der Waals surface area contributed by atoms with Crippen molar-refractivity contribution in [3.8, 4) is 0 Å². The van der Waals surface area contributed by atoms with Gasteiger partial charge in [0.25, 0.3) is 0 Å². The zero-order valence-corrected chi connectivity index (χ0v) is 8.06. The number of halogens is 1. The second-order valence-corrected chi connectivity index (χ2v) is 3.42. The minimum Gasteiger partial charge on any atom is -0.399 e. The molecule has 0 radical (unpaired) electrons. The van der Waals surface area contributed by atoms with Crippen LogP contribution in [-0.4, -0.2) is 5.88 Å². The minimum atomic E-state index is 0.716. The fourth-order valence-corrected chi connectivity index (χ4v) is 1.44. The van der Waals surface area contributed by atoms with Crippen molar-refractivity contribution in [1.29, 1.82) is 0 Å². The highest BCUT2D eigenvalue weighted by atomic mass is 35.5. The van der Waals surface area contributed by atoms with Crippen LogP contribution in [0.25, 0.3) is 0 Å². The second-order valence-electron chi connectivity index (χ2n) is 3.04. The van der Waals surface area contributed by atoms with Crippen LogP contribution in [-0.2, 0) is 6.42 Å². The van der Waals surface area contributed by atoms with E-state index >= 15 is 0 Å². The number of anilines is 1. The summed E-state index contributed by atoms with van der Waals surface area (Å²) in [6.45, 7) is 2.06. The van der Waals surface area contributed by atoms with Gasteiger partial charge < -0.3 is 5.73 Å². The SMILES string of the molecule is Cc1cc(N)cc(CCCCl)c1. The van der Waals surface area contributed by atoms with Gasteiger partial charge in [-0.3, -0.25) is 0 Å². The van der Waals surface area contributed by atoms with Crippen LogP contribution in [0.1, 0.15) is 17.5 Å². The number of nitrogens with two attached hydrogens (primary N) is 1. The van der Waals surface area contributed by atoms with Crippen molar-refractivity contribution in [3.05, 3.63) is 29.3 Å². The summed E-state index contributed by atoms with van der Waals surface area (Å²) in [6, 6.07) is 6.15. The van der Waals surface area contributed by atoms with E-state index in [1.807, 2.05) is 12.1 Å². The van der Waals surface area contributed by atoms with Crippen LogP contribution in [0, 0.1) is 6.92 Å². The number of hydrogen-bond acceptors (Lipinski definition) is 1. The third-order valence-corrected chi connectivity index (χ3v) is 2.03. The van der Waals surface area contributed by atoms with Crippen molar-refractivity contribution < 1.29 is 0 Å². The lowest BCUT2D eigenvalue weighted by molar-refractivity contribution is 0.928. The van der Waals surface area contributed by atoms with E-state index in [0.717, 1.165) is 18.5 Å². The lowest BCUT2D eigenvalue weighted by Gasteiger charge is -2.02. The van der Waals surface area contributed by atoms with E-state index in [0.29, 0.717) is 5.88 Å². The van der Waals surface area contributed by atoms with Crippen LogP contribution in [0.2, 0.25) is 0 Å². The molecule has 66 valence electrons. The molecular formula is C10H14ClN. The van der Waals surface area contributed by atoms with Gasteiger partial charge in [-0.15, -0.1) is 11.6 Å². The lowest BCUT2D eigenvalue weighted by atomic mass is 10.1. The molecule has 2 N–H and O–H groups in total. The smallest absolute Gasteiger partial charge is 0.0319 e. The first kappa shape index (κ1) is 9.40. The molecule has 0 aromatic heterocycles. The number of aryl methyl sites for hydroxylation is 2. The van der Waals surface area contributed by atoms with Gasteiger partial charge in [0.05, 0.1) is 0 Å². The second kappa shape index (κ2) is 4.36. The maximum Gasteiger partial charge on any atom is 0.0319 e. The molecule has 0 saturated heterocycles. The third-order valence-electron chi connectivity index (χ3n) is 1.76. The fourth-order valence-electron chi connectivity index (χ4n) is 1.31. The average molecular weight is 184 g/mol. The van der Waals surface area contributed by atoms with Crippen molar-refractivity contribution in [3.63, 3.8) is 0 Å². The first-order valence-corrected chi connectivity index (χ1v) is 4.68. The van der Waals surface area contributed by atoms with E-state index in [9.17, 15) is 0 Å². The summed E-state index contributed by atoms with van der Waals surface area (Å²) in [6.07, 6.45) is 2.04. The van der Waals surface area contributed by atoms with Gasteiger partial charge in [0.1, 0.15) is 0 Å². The third kappa shape index (κ3) is 2.74. The zero-order valence-electron chi connectivity index (χ0n) is 7.31. The molecule has 0 heterocycles. The molecule has 0 saturated carbocycles. The molecule has 0 spiro atoms. The maximum atomic E-state index is 5.70. The van der Waals surface area contributed by atoms with Gasteiger partial charge in [-0.1, -0.05) is 6.07 Å². The Morgan fingerprint density at radius 3 is 2.67 bits per heavy atom. The molecule has 2 heteroatoms. The standard InChI is InChI=1S/C10H14ClN/c1-8-5-9(3-2-4-11)7-10(12)6-8/h5-7H,2-4,12H2,1H3. The molecular weight excluding hydrogens is 170 g/mol. The predicted molar refractivity (Wildman–Crippen MR) is 54.6 cm³/mol. The number of rotatable bonds is 3. The van der Waals surface area contributed by atoms with E-state index in [4.69, 9.17) is 17.3 Å². The Morgan fingerprint density at radius 2 is 2.08 bits per heavy atom. The van der Waals surface area contributed by atoms with Crippen molar-refractivity contribution in [1.82, 2.24) is 0 Å². The summed E-state index contributed by atoms with van der Waals surface area (Å²) in [5.41, 5.74) is 9.05. The molecule has 1 nitrogen and oxygen atoms in total. The molecule has 1 aromatic rings. The molecule has 0 amide bonds. The summed E-state index contributed by atoms with van der Waals surface area (Å²) >= 11 is 5.60. The van der Waals surface area contributed by atoms with Crippen molar-refractivity contribution in [2.75, 3.05) is 11.6 Å². The quantitative estimate of drug-likeness (QED) is 0.566. The van der Waals surface area contributed by atoms with Crippen LogP contribution in [0.5, 0.6) is 0 Å². The normalized spacial score (nSPS) is 10.2. The van der Waals surface area contributed by atoms with Crippen molar-refractivity contribution in [2.24, 2.45) is 0 Å². The lowest BCUT2D eigenvalue weighted by Crippen LogP contribution is -1.91. The average Bonchev–Trinajstić information content (AvgIpc) is 1.99. The molecule has 12 heavy (non-hydrogen) atoms. The number of benzene rings is 1. The van der Waals surface area contributed by atoms with Gasteiger partial charge in [-0.2, -0.15) is 0 Å². The summed E-state index contributed by atoms with van der Waals surface area (Å²) in [7, 11) is 0.